The average Bonchev–Trinajstić information content (AvgIpc) is 3.55. The van der Waals surface area contributed by atoms with Crippen LogP contribution in [-0.2, 0) is 17.9 Å². The summed E-state index contributed by atoms with van der Waals surface area (Å²) in [6.07, 6.45) is 0. The molecule has 1 fully saturated rings. The number of hydrogen-bond acceptors (Lipinski definition) is 6. The summed E-state index contributed by atoms with van der Waals surface area (Å²) in [5.41, 5.74) is 4.00. The minimum atomic E-state index is -0.617. The summed E-state index contributed by atoms with van der Waals surface area (Å²) in [4.78, 5) is 34.8. The molecule has 4 aromatic rings. The Kier molecular flexibility index (Phi) is 7.85. The van der Waals surface area contributed by atoms with E-state index in [2.05, 4.69) is 11.0 Å². The van der Waals surface area contributed by atoms with Gasteiger partial charge in [-0.3, -0.25) is 14.5 Å². The van der Waals surface area contributed by atoms with Crippen molar-refractivity contribution in [2.24, 2.45) is 0 Å². The topological polar surface area (TPSA) is 71.5 Å². The Morgan fingerprint density at radius 3 is 2.31 bits per heavy atom. The van der Waals surface area contributed by atoms with Crippen LogP contribution in [0.4, 0.5) is 4.39 Å². The van der Waals surface area contributed by atoms with E-state index in [1.165, 1.54) is 12.1 Å². The highest BCUT2D eigenvalue weighted by atomic mass is 19.1. The lowest BCUT2D eigenvalue weighted by Gasteiger charge is -2.44. The number of fused-ring (bicyclic) bond motifs is 2. The lowest BCUT2D eigenvalue weighted by Crippen LogP contribution is -2.53. The van der Waals surface area contributed by atoms with Gasteiger partial charge in [0.25, 0.3) is 5.91 Å². The first-order chi connectivity index (χ1) is 22.0. The van der Waals surface area contributed by atoms with Gasteiger partial charge in [-0.05, 0) is 64.7 Å². The Bertz CT molecular complexity index is 1700. The van der Waals surface area contributed by atoms with Gasteiger partial charge in [0.05, 0.1) is 19.1 Å². The summed E-state index contributed by atoms with van der Waals surface area (Å²) in [5.74, 6) is 1.09. The van der Waals surface area contributed by atoms with Crippen molar-refractivity contribution in [1.29, 1.82) is 0 Å². The Hall–Kier alpha value is -4.89. The van der Waals surface area contributed by atoms with Gasteiger partial charge in [0.1, 0.15) is 11.6 Å². The smallest absolute Gasteiger partial charge is 0.255 e. The average molecular weight is 608 g/mol. The Balaban J connectivity index is 1.18. The normalized spacial score (nSPS) is 19.4. The monoisotopic (exact) mass is 607 g/mol. The van der Waals surface area contributed by atoms with Crippen LogP contribution in [0, 0.1) is 5.82 Å². The predicted molar refractivity (Wildman–Crippen MR) is 166 cm³/mol. The van der Waals surface area contributed by atoms with E-state index in [0.717, 1.165) is 53.4 Å². The molecule has 0 spiro atoms. The highest BCUT2D eigenvalue weighted by Crippen LogP contribution is 2.45. The minimum absolute atomic E-state index is 0.0115. The Morgan fingerprint density at radius 2 is 1.56 bits per heavy atom. The van der Waals surface area contributed by atoms with Crippen molar-refractivity contribution < 1.29 is 28.2 Å². The summed E-state index contributed by atoms with van der Waals surface area (Å²) in [6, 6.07) is 26.6. The number of amides is 2. The number of ether oxygens (including phenoxy) is 3. The first kappa shape index (κ1) is 28.9. The number of rotatable bonds is 7. The maximum absolute atomic E-state index is 14.6. The zero-order chi connectivity index (χ0) is 30.9. The van der Waals surface area contributed by atoms with E-state index in [4.69, 9.17) is 14.2 Å². The number of methoxy groups -OCH3 is 1. The second-order valence-electron chi connectivity index (χ2n) is 11.6. The summed E-state index contributed by atoms with van der Waals surface area (Å²) in [7, 11) is 1.61. The summed E-state index contributed by atoms with van der Waals surface area (Å²) in [6.45, 7) is 3.82. The van der Waals surface area contributed by atoms with E-state index < -0.39 is 12.0 Å². The fourth-order valence-corrected chi connectivity index (χ4v) is 6.61. The van der Waals surface area contributed by atoms with Crippen LogP contribution in [0.5, 0.6) is 17.2 Å². The third kappa shape index (κ3) is 5.71. The molecule has 0 aromatic heterocycles. The molecule has 45 heavy (non-hydrogen) atoms. The van der Waals surface area contributed by atoms with Gasteiger partial charge in [-0.2, -0.15) is 0 Å². The zero-order valence-electron chi connectivity index (χ0n) is 25.0. The van der Waals surface area contributed by atoms with E-state index in [1.807, 2.05) is 59.5 Å². The molecule has 2 atom stereocenters. The zero-order valence-corrected chi connectivity index (χ0v) is 25.0. The lowest BCUT2D eigenvalue weighted by atomic mass is 9.78. The quantitative estimate of drug-likeness (QED) is 0.281. The fourth-order valence-electron chi connectivity index (χ4n) is 6.61. The molecule has 9 heteroatoms. The van der Waals surface area contributed by atoms with Gasteiger partial charge in [-0.15, -0.1) is 0 Å². The molecule has 3 heterocycles. The molecule has 4 aromatic carbocycles. The molecule has 1 saturated heterocycles. The van der Waals surface area contributed by atoms with Gasteiger partial charge in [0.15, 0.2) is 11.5 Å². The van der Waals surface area contributed by atoms with Gasteiger partial charge < -0.3 is 24.0 Å². The molecule has 0 N–H and O–H groups in total. The second kappa shape index (κ2) is 12.2. The standard InChI is InChI=1S/C36H34FN3O5/c1-43-28-13-9-26(10-14-28)34-33(29-4-2-3-5-30(29)35(41)40(34)22-24-6-11-27(37)12-7-24)36(42)39-18-16-38(17-19-39)21-25-8-15-31-32(20-25)45-23-44-31/h2-15,20,33-34H,16-19,21-23H2,1H3/t33-,34+/m1/s1. The molecule has 0 saturated carbocycles. The van der Waals surface area contributed by atoms with Crippen molar-refractivity contribution in [2.75, 3.05) is 40.1 Å². The Morgan fingerprint density at radius 1 is 0.844 bits per heavy atom. The van der Waals surface area contributed by atoms with Crippen LogP contribution in [0.15, 0.2) is 91.0 Å². The number of halogens is 1. The number of carbonyl (C=O) groups excluding carboxylic acids is 2. The first-order valence-corrected chi connectivity index (χ1v) is 15.2. The van der Waals surface area contributed by atoms with E-state index in [0.29, 0.717) is 24.4 Å². The Labute approximate surface area is 261 Å². The maximum Gasteiger partial charge on any atom is 0.255 e. The fraction of sp³-hybridized carbons (Fsp3) is 0.278. The van der Waals surface area contributed by atoms with Crippen molar-refractivity contribution in [3.05, 3.63) is 125 Å². The van der Waals surface area contributed by atoms with Crippen LogP contribution < -0.4 is 14.2 Å². The molecule has 8 nitrogen and oxygen atoms in total. The highest BCUT2D eigenvalue weighted by Gasteiger charge is 2.45. The SMILES string of the molecule is COc1ccc([C@H]2[C@H](C(=O)N3CCN(Cc4ccc5c(c4)OCO5)CC3)c3ccccc3C(=O)N2Cc2ccc(F)cc2)cc1. The van der Waals surface area contributed by atoms with Crippen molar-refractivity contribution in [3.63, 3.8) is 0 Å². The molecule has 3 aliphatic rings. The summed E-state index contributed by atoms with van der Waals surface area (Å²) in [5, 5.41) is 0. The van der Waals surface area contributed by atoms with Crippen LogP contribution in [0.1, 0.15) is 44.6 Å². The number of nitrogens with zero attached hydrogens (tertiary/aromatic N) is 3. The summed E-state index contributed by atoms with van der Waals surface area (Å²) < 4.78 is 30.2. The van der Waals surface area contributed by atoms with Gasteiger partial charge in [0.2, 0.25) is 12.7 Å². The van der Waals surface area contributed by atoms with Crippen molar-refractivity contribution in [3.8, 4) is 17.2 Å². The lowest BCUT2D eigenvalue weighted by molar-refractivity contribution is -0.136. The first-order valence-electron chi connectivity index (χ1n) is 15.2. The molecule has 0 radical (unpaired) electrons. The molecule has 0 bridgehead atoms. The third-order valence-electron chi connectivity index (χ3n) is 8.96. The number of piperazine rings is 1. The van der Waals surface area contributed by atoms with Gasteiger partial charge in [0, 0.05) is 44.8 Å². The largest absolute Gasteiger partial charge is 0.497 e. The molecule has 2 amide bonds. The number of carbonyl (C=O) groups is 2. The molecular formula is C36H34FN3O5. The minimum Gasteiger partial charge on any atom is -0.497 e. The van der Waals surface area contributed by atoms with Gasteiger partial charge in [-0.1, -0.05) is 48.5 Å². The number of benzene rings is 4. The van der Waals surface area contributed by atoms with E-state index >= 15 is 0 Å². The van der Waals surface area contributed by atoms with Crippen molar-refractivity contribution in [2.45, 2.75) is 25.0 Å². The molecule has 0 aliphatic carbocycles. The van der Waals surface area contributed by atoms with Crippen molar-refractivity contribution >= 4 is 11.8 Å². The van der Waals surface area contributed by atoms with Crippen LogP contribution in [0.3, 0.4) is 0 Å². The molecule has 230 valence electrons. The molecule has 3 aliphatic heterocycles. The summed E-state index contributed by atoms with van der Waals surface area (Å²) >= 11 is 0. The molecular weight excluding hydrogens is 573 g/mol. The van der Waals surface area contributed by atoms with Gasteiger partial charge in [-0.25, -0.2) is 4.39 Å². The van der Waals surface area contributed by atoms with Gasteiger partial charge >= 0.3 is 0 Å². The van der Waals surface area contributed by atoms with Crippen LogP contribution in [0.25, 0.3) is 0 Å². The maximum atomic E-state index is 14.6. The molecule has 7 rings (SSSR count). The van der Waals surface area contributed by atoms with Crippen LogP contribution in [0.2, 0.25) is 0 Å². The molecule has 0 unspecified atom stereocenters. The number of hydrogen-bond donors (Lipinski definition) is 0. The highest BCUT2D eigenvalue weighted by molar-refractivity contribution is 6.01. The van der Waals surface area contributed by atoms with E-state index in [9.17, 15) is 14.0 Å². The van der Waals surface area contributed by atoms with E-state index in [-0.39, 0.29) is 31.0 Å². The third-order valence-corrected chi connectivity index (χ3v) is 8.96. The van der Waals surface area contributed by atoms with E-state index in [1.54, 1.807) is 30.2 Å². The second-order valence-corrected chi connectivity index (χ2v) is 11.6. The predicted octanol–water partition coefficient (Wildman–Crippen LogP) is 5.39. The van der Waals surface area contributed by atoms with Crippen LogP contribution in [-0.4, -0.2) is 66.6 Å². The van der Waals surface area contributed by atoms with Crippen molar-refractivity contribution in [1.82, 2.24) is 14.7 Å². The van der Waals surface area contributed by atoms with Crippen LogP contribution >= 0.6 is 0 Å².